The van der Waals surface area contributed by atoms with Gasteiger partial charge in [0.1, 0.15) is 34.2 Å². The molecule has 1 aliphatic heterocycles. The van der Waals surface area contributed by atoms with Crippen molar-refractivity contribution in [1.82, 2.24) is 24.3 Å². The molecule has 11 heteroatoms. The molecule has 3 aromatic heterocycles. The number of nitrogens with zero attached hydrogens (tertiary/aromatic N) is 5. The van der Waals surface area contributed by atoms with Crippen LogP contribution in [0.3, 0.4) is 0 Å². The number of nitrogens with one attached hydrogen (secondary N) is 2. The SMILES string of the molecule is COc1ccc(CNc2nccn3c([C@@H]4CCCN4C(=O)OC(C)(C)C)nc(-c4ccc(C(=O)Nc5ccccn5)cc4)c23)cc1. The number of hydrogen-bond acceptors (Lipinski definition) is 8. The minimum absolute atomic E-state index is 0.261. The molecule has 236 valence electrons. The Morgan fingerprint density at radius 2 is 1.76 bits per heavy atom. The second-order valence-corrected chi connectivity index (χ2v) is 12.1. The number of carbonyl (C=O) groups excluding carboxylic acids is 2. The maximum atomic E-state index is 13.3. The third-order valence-corrected chi connectivity index (χ3v) is 7.71. The van der Waals surface area contributed by atoms with Crippen molar-refractivity contribution >= 4 is 29.2 Å². The molecule has 0 aliphatic carbocycles. The van der Waals surface area contributed by atoms with Crippen LogP contribution in [0.2, 0.25) is 0 Å². The number of fused-ring (bicyclic) bond motifs is 1. The summed E-state index contributed by atoms with van der Waals surface area (Å²) in [6.45, 7) is 6.71. The Kier molecular flexibility index (Phi) is 8.56. The number of hydrogen-bond donors (Lipinski definition) is 2. The molecule has 2 N–H and O–H groups in total. The minimum Gasteiger partial charge on any atom is -0.497 e. The summed E-state index contributed by atoms with van der Waals surface area (Å²) in [7, 11) is 1.64. The Bertz CT molecular complexity index is 1830. The van der Waals surface area contributed by atoms with Gasteiger partial charge >= 0.3 is 6.09 Å². The van der Waals surface area contributed by atoms with E-state index in [0.717, 1.165) is 41.1 Å². The van der Waals surface area contributed by atoms with Crippen LogP contribution < -0.4 is 15.4 Å². The Labute approximate surface area is 267 Å². The highest BCUT2D eigenvalue weighted by Gasteiger charge is 2.36. The van der Waals surface area contributed by atoms with E-state index in [0.29, 0.717) is 36.0 Å². The van der Waals surface area contributed by atoms with Gasteiger partial charge in [-0.1, -0.05) is 30.3 Å². The fourth-order valence-corrected chi connectivity index (χ4v) is 5.54. The molecule has 1 aliphatic rings. The first-order valence-electron chi connectivity index (χ1n) is 15.3. The van der Waals surface area contributed by atoms with Crippen LogP contribution in [0.15, 0.2) is 85.3 Å². The van der Waals surface area contributed by atoms with Crippen molar-refractivity contribution in [2.24, 2.45) is 0 Å². The second-order valence-electron chi connectivity index (χ2n) is 12.1. The van der Waals surface area contributed by atoms with Gasteiger partial charge in [0, 0.05) is 42.8 Å². The van der Waals surface area contributed by atoms with Gasteiger partial charge in [0.15, 0.2) is 5.82 Å². The van der Waals surface area contributed by atoms with Crippen molar-refractivity contribution in [1.29, 1.82) is 0 Å². The lowest BCUT2D eigenvalue weighted by Crippen LogP contribution is -2.37. The van der Waals surface area contributed by atoms with Crippen LogP contribution in [-0.2, 0) is 11.3 Å². The molecular formula is C35H37N7O4. The summed E-state index contributed by atoms with van der Waals surface area (Å²) in [6.07, 6.45) is 6.46. The third-order valence-electron chi connectivity index (χ3n) is 7.71. The summed E-state index contributed by atoms with van der Waals surface area (Å²) >= 11 is 0. The predicted molar refractivity (Wildman–Crippen MR) is 176 cm³/mol. The number of anilines is 2. The molecule has 0 spiro atoms. The number of aromatic nitrogens is 4. The first-order valence-corrected chi connectivity index (χ1v) is 15.3. The lowest BCUT2D eigenvalue weighted by Gasteiger charge is -2.28. The van der Waals surface area contributed by atoms with Crippen LogP contribution in [0.4, 0.5) is 16.4 Å². The molecule has 0 bridgehead atoms. The van der Waals surface area contributed by atoms with Gasteiger partial charge in [0.2, 0.25) is 0 Å². The Morgan fingerprint density at radius 1 is 0.978 bits per heavy atom. The lowest BCUT2D eigenvalue weighted by atomic mass is 10.1. The van der Waals surface area contributed by atoms with Crippen molar-refractivity contribution in [3.05, 3.63) is 102 Å². The molecule has 11 nitrogen and oxygen atoms in total. The first kappa shape index (κ1) is 30.6. The predicted octanol–water partition coefficient (Wildman–Crippen LogP) is 6.74. The topological polar surface area (TPSA) is 123 Å². The summed E-state index contributed by atoms with van der Waals surface area (Å²) in [5, 5.41) is 6.31. The molecule has 2 amide bonds. The van der Waals surface area contributed by atoms with Gasteiger partial charge in [-0.25, -0.2) is 19.7 Å². The molecule has 4 heterocycles. The molecule has 46 heavy (non-hydrogen) atoms. The quantitative estimate of drug-likeness (QED) is 0.196. The summed E-state index contributed by atoms with van der Waals surface area (Å²) in [6, 6.07) is 20.2. The average Bonchev–Trinajstić information content (AvgIpc) is 3.70. The molecule has 2 aromatic carbocycles. The molecule has 1 atom stereocenters. The van der Waals surface area contributed by atoms with Crippen molar-refractivity contribution in [3.8, 4) is 17.0 Å². The van der Waals surface area contributed by atoms with E-state index >= 15 is 0 Å². The van der Waals surface area contributed by atoms with Gasteiger partial charge in [-0.2, -0.15) is 0 Å². The van der Waals surface area contributed by atoms with Gasteiger partial charge in [0.05, 0.1) is 13.2 Å². The number of likely N-dealkylation sites (tertiary alicyclic amines) is 1. The van der Waals surface area contributed by atoms with Crippen molar-refractivity contribution in [3.63, 3.8) is 0 Å². The molecule has 6 rings (SSSR count). The largest absolute Gasteiger partial charge is 0.497 e. The van der Waals surface area contributed by atoms with E-state index in [4.69, 9.17) is 19.4 Å². The van der Waals surface area contributed by atoms with E-state index in [1.165, 1.54) is 0 Å². The van der Waals surface area contributed by atoms with Crippen LogP contribution in [0.1, 0.15) is 61.4 Å². The third kappa shape index (κ3) is 6.63. The Balaban J connectivity index is 1.37. The number of amides is 2. The van der Waals surface area contributed by atoms with Gasteiger partial charge in [-0.15, -0.1) is 0 Å². The Morgan fingerprint density at radius 3 is 2.46 bits per heavy atom. The molecule has 0 saturated carbocycles. The molecule has 1 fully saturated rings. The fourth-order valence-electron chi connectivity index (χ4n) is 5.54. The van der Waals surface area contributed by atoms with Crippen molar-refractivity contribution in [2.75, 3.05) is 24.3 Å². The second kappa shape index (κ2) is 12.9. The zero-order chi connectivity index (χ0) is 32.3. The van der Waals surface area contributed by atoms with Crippen LogP contribution in [0.25, 0.3) is 16.8 Å². The highest BCUT2D eigenvalue weighted by molar-refractivity contribution is 6.04. The van der Waals surface area contributed by atoms with Gasteiger partial charge in [-0.05, 0) is 75.6 Å². The molecule has 0 unspecified atom stereocenters. The number of pyridine rings is 1. The molecule has 0 radical (unpaired) electrons. The number of methoxy groups -OCH3 is 1. The van der Waals surface area contributed by atoms with E-state index in [1.807, 2.05) is 73.8 Å². The van der Waals surface area contributed by atoms with E-state index in [9.17, 15) is 9.59 Å². The smallest absolute Gasteiger partial charge is 0.410 e. The van der Waals surface area contributed by atoms with E-state index < -0.39 is 5.60 Å². The summed E-state index contributed by atoms with van der Waals surface area (Å²) in [5.74, 6) is 2.37. The fraction of sp³-hybridized carbons (Fsp3) is 0.286. The van der Waals surface area contributed by atoms with E-state index in [-0.39, 0.29) is 18.0 Å². The molecule has 5 aromatic rings. The normalized spacial score (nSPS) is 14.7. The summed E-state index contributed by atoms with van der Waals surface area (Å²) < 4.78 is 13.1. The number of carbonyl (C=O) groups is 2. The van der Waals surface area contributed by atoms with E-state index in [2.05, 4.69) is 15.6 Å². The maximum Gasteiger partial charge on any atom is 0.410 e. The standard InChI is InChI=1S/C35H37N7O4/c1-35(2,3)46-34(44)41-20-7-8-27(41)32-40-29(24-12-14-25(15-13-24)33(43)39-28-9-5-6-18-36-28)30-31(37-19-21-42(30)32)38-22-23-10-16-26(45-4)17-11-23/h5-6,9-19,21,27H,7-8,20,22H2,1-4H3,(H,37,38)(H,36,39,43)/t27-/m0/s1. The average molecular weight is 620 g/mol. The maximum absolute atomic E-state index is 13.3. The van der Waals surface area contributed by atoms with Gasteiger partial charge in [0.25, 0.3) is 5.91 Å². The van der Waals surface area contributed by atoms with Crippen LogP contribution >= 0.6 is 0 Å². The van der Waals surface area contributed by atoms with Crippen molar-refractivity contribution < 1.29 is 19.1 Å². The zero-order valence-corrected chi connectivity index (χ0v) is 26.4. The highest BCUT2D eigenvalue weighted by atomic mass is 16.6. The molecular weight excluding hydrogens is 582 g/mol. The Hall–Kier alpha value is -5.45. The highest BCUT2D eigenvalue weighted by Crippen LogP contribution is 2.38. The lowest BCUT2D eigenvalue weighted by molar-refractivity contribution is 0.0217. The van der Waals surface area contributed by atoms with Crippen LogP contribution in [0, 0.1) is 0 Å². The number of imidazole rings is 1. The summed E-state index contributed by atoms with van der Waals surface area (Å²) in [4.78, 5) is 42.0. The number of rotatable bonds is 8. The summed E-state index contributed by atoms with van der Waals surface area (Å²) in [5.41, 5.74) is 3.19. The first-order chi connectivity index (χ1) is 22.2. The number of ether oxygens (including phenoxy) is 2. The van der Waals surface area contributed by atoms with Crippen LogP contribution in [-0.4, -0.2) is 55.5 Å². The van der Waals surface area contributed by atoms with Crippen molar-refractivity contribution in [2.45, 2.75) is 51.8 Å². The monoisotopic (exact) mass is 619 g/mol. The van der Waals surface area contributed by atoms with E-state index in [1.54, 1.807) is 48.7 Å². The zero-order valence-electron chi connectivity index (χ0n) is 26.4. The minimum atomic E-state index is -0.614. The van der Waals surface area contributed by atoms with Gasteiger partial charge in [-0.3, -0.25) is 14.1 Å². The number of benzene rings is 2. The molecule has 1 saturated heterocycles. The van der Waals surface area contributed by atoms with Crippen LogP contribution in [0.5, 0.6) is 5.75 Å². The van der Waals surface area contributed by atoms with Gasteiger partial charge < -0.3 is 20.1 Å².